The van der Waals surface area contributed by atoms with Gasteiger partial charge in [-0.15, -0.1) is 0 Å². The highest BCUT2D eigenvalue weighted by molar-refractivity contribution is 6.00. The molecular formula is C20H19N3O4. The molecular weight excluding hydrogens is 346 g/mol. The standard InChI is InChI=1S/C20H19N3O4/c24-19(14-5-6-17-18(10-14)26-13-25-17)23-9-3-7-20(12-23)11-16(22-27-20)15-4-1-2-8-21-15/h1-2,4-6,8,10H,3,7,9,11-13H2. The van der Waals surface area contributed by atoms with Crippen LogP contribution in [0.25, 0.3) is 0 Å². The smallest absolute Gasteiger partial charge is 0.254 e. The highest BCUT2D eigenvalue weighted by atomic mass is 16.7. The van der Waals surface area contributed by atoms with Gasteiger partial charge in [-0.3, -0.25) is 9.78 Å². The third kappa shape index (κ3) is 2.89. The number of likely N-dealkylation sites (tertiary alicyclic amines) is 1. The van der Waals surface area contributed by atoms with Gasteiger partial charge in [0.15, 0.2) is 17.1 Å². The van der Waals surface area contributed by atoms with E-state index in [1.54, 1.807) is 24.4 Å². The van der Waals surface area contributed by atoms with Crippen LogP contribution in [0.3, 0.4) is 0 Å². The van der Waals surface area contributed by atoms with E-state index in [9.17, 15) is 4.79 Å². The first-order chi connectivity index (χ1) is 13.2. The Hall–Kier alpha value is -3.09. The minimum atomic E-state index is -0.461. The molecule has 5 rings (SSSR count). The Labute approximate surface area is 156 Å². The fourth-order valence-electron chi connectivity index (χ4n) is 3.89. The van der Waals surface area contributed by atoms with E-state index in [4.69, 9.17) is 14.3 Å². The van der Waals surface area contributed by atoms with Crippen LogP contribution in [0.1, 0.15) is 35.3 Å². The van der Waals surface area contributed by atoms with Crippen LogP contribution in [0.4, 0.5) is 0 Å². The molecule has 1 amide bonds. The second-order valence-corrected chi connectivity index (χ2v) is 7.10. The van der Waals surface area contributed by atoms with Gasteiger partial charge in [-0.05, 0) is 43.2 Å². The van der Waals surface area contributed by atoms with Crippen molar-refractivity contribution in [2.24, 2.45) is 5.16 Å². The number of ether oxygens (including phenoxy) is 2. The highest BCUT2D eigenvalue weighted by Gasteiger charge is 2.44. The van der Waals surface area contributed by atoms with E-state index in [1.165, 1.54) is 0 Å². The van der Waals surface area contributed by atoms with Crippen molar-refractivity contribution >= 4 is 11.6 Å². The van der Waals surface area contributed by atoms with E-state index in [-0.39, 0.29) is 12.7 Å². The van der Waals surface area contributed by atoms with Crippen LogP contribution in [0.5, 0.6) is 11.5 Å². The van der Waals surface area contributed by atoms with Gasteiger partial charge in [0.05, 0.1) is 12.2 Å². The summed E-state index contributed by atoms with van der Waals surface area (Å²) < 4.78 is 10.7. The Bertz CT molecular complexity index is 915. The minimum absolute atomic E-state index is 0.0257. The summed E-state index contributed by atoms with van der Waals surface area (Å²) in [7, 11) is 0. The lowest BCUT2D eigenvalue weighted by molar-refractivity contribution is -0.0618. The molecule has 4 heterocycles. The molecule has 27 heavy (non-hydrogen) atoms. The van der Waals surface area contributed by atoms with Gasteiger partial charge in [0.1, 0.15) is 5.71 Å². The van der Waals surface area contributed by atoms with Gasteiger partial charge in [0.25, 0.3) is 5.91 Å². The Morgan fingerprint density at radius 1 is 1.15 bits per heavy atom. The molecule has 1 spiro atoms. The van der Waals surface area contributed by atoms with Crippen LogP contribution in [0.15, 0.2) is 47.8 Å². The fourth-order valence-corrected chi connectivity index (χ4v) is 3.89. The molecule has 1 aromatic heterocycles. The van der Waals surface area contributed by atoms with Crippen LogP contribution >= 0.6 is 0 Å². The predicted molar refractivity (Wildman–Crippen MR) is 96.9 cm³/mol. The molecule has 0 radical (unpaired) electrons. The van der Waals surface area contributed by atoms with E-state index in [0.29, 0.717) is 36.6 Å². The van der Waals surface area contributed by atoms with Crippen molar-refractivity contribution in [2.45, 2.75) is 24.9 Å². The van der Waals surface area contributed by atoms with E-state index < -0.39 is 5.60 Å². The largest absolute Gasteiger partial charge is 0.454 e. The van der Waals surface area contributed by atoms with Gasteiger partial charge in [-0.2, -0.15) is 0 Å². The fraction of sp³-hybridized carbons (Fsp3) is 0.350. The predicted octanol–water partition coefficient (Wildman–Crippen LogP) is 2.61. The number of aromatic nitrogens is 1. The summed E-state index contributed by atoms with van der Waals surface area (Å²) in [6.45, 7) is 1.42. The molecule has 0 aliphatic carbocycles. The number of amides is 1. The number of pyridine rings is 1. The number of hydrogen-bond acceptors (Lipinski definition) is 6. The van der Waals surface area contributed by atoms with Gasteiger partial charge >= 0.3 is 0 Å². The first-order valence-corrected chi connectivity index (χ1v) is 9.08. The van der Waals surface area contributed by atoms with Crippen LogP contribution < -0.4 is 9.47 Å². The zero-order valence-corrected chi connectivity index (χ0v) is 14.8. The first kappa shape index (κ1) is 16.1. The maximum absolute atomic E-state index is 13.0. The number of carbonyl (C=O) groups excluding carboxylic acids is 1. The molecule has 1 atom stereocenters. The van der Waals surface area contributed by atoms with Crippen molar-refractivity contribution in [1.29, 1.82) is 0 Å². The molecule has 1 unspecified atom stereocenters. The number of carbonyl (C=O) groups is 1. The molecule has 7 nitrogen and oxygen atoms in total. The van der Waals surface area contributed by atoms with Crippen molar-refractivity contribution in [3.05, 3.63) is 53.9 Å². The number of piperidine rings is 1. The van der Waals surface area contributed by atoms with Crippen LogP contribution in [-0.2, 0) is 4.84 Å². The SMILES string of the molecule is O=C(c1ccc2c(c1)OCO2)N1CCCC2(CC(c3ccccn3)=NO2)C1. The molecule has 3 aliphatic rings. The Morgan fingerprint density at radius 3 is 2.96 bits per heavy atom. The molecule has 0 saturated carbocycles. The second-order valence-electron chi connectivity index (χ2n) is 7.10. The van der Waals surface area contributed by atoms with Crippen LogP contribution in [0.2, 0.25) is 0 Å². The third-order valence-electron chi connectivity index (χ3n) is 5.25. The summed E-state index contributed by atoms with van der Waals surface area (Å²) in [5.74, 6) is 1.27. The van der Waals surface area contributed by atoms with Gasteiger partial charge < -0.3 is 19.2 Å². The molecule has 0 N–H and O–H groups in total. The van der Waals surface area contributed by atoms with E-state index >= 15 is 0 Å². The molecule has 0 bridgehead atoms. The lowest BCUT2D eigenvalue weighted by Gasteiger charge is -2.38. The van der Waals surface area contributed by atoms with Crippen molar-refractivity contribution in [3.63, 3.8) is 0 Å². The van der Waals surface area contributed by atoms with Crippen molar-refractivity contribution in [1.82, 2.24) is 9.88 Å². The average molecular weight is 365 g/mol. The zero-order valence-electron chi connectivity index (χ0n) is 14.8. The molecule has 1 aromatic carbocycles. The minimum Gasteiger partial charge on any atom is -0.454 e. The van der Waals surface area contributed by atoms with E-state index in [0.717, 1.165) is 24.2 Å². The molecule has 1 fully saturated rings. The van der Waals surface area contributed by atoms with Gasteiger partial charge in [0, 0.05) is 24.7 Å². The first-order valence-electron chi connectivity index (χ1n) is 9.08. The Balaban J connectivity index is 1.32. The normalized spacial score (nSPS) is 23.3. The van der Waals surface area contributed by atoms with Crippen LogP contribution in [-0.4, -0.2) is 47.0 Å². The molecule has 138 valence electrons. The molecule has 7 heteroatoms. The molecule has 1 saturated heterocycles. The van der Waals surface area contributed by atoms with Crippen LogP contribution in [0, 0.1) is 0 Å². The number of rotatable bonds is 2. The van der Waals surface area contributed by atoms with Gasteiger partial charge in [0.2, 0.25) is 6.79 Å². The van der Waals surface area contributed by atoms with Crippen molar-refractivity contribution in [2.75, 3.05) is 19.9 Å². The van der Waals surface area contributed by atoms with E-state index in [2.05, 4.69) is 10.1 Å². The second kappa shape index (κ2) is 6.26. The van der Waals surface area contributed by atoms with Gasteiger partial charge in [-0.25, -0.2) is 0 Å². The summed E-state index contributed by atoms with van der Waals surface area (Å²) in [5.41, 5.74) is 1.80. The average Bonchev–Trinajstić information content (AvgIpc) is 3.35. The lowest BCUT2D eigenvalue weighted by atomic mass is 9.87. The maximum atomic E-state index is 13.0. The zero-order chi connectivity index (χ0) is 18.3. The lowest BCUT2D eigenvalue weighted by Crippen LogP contribution is -2.50. The maximum Gasteiger partial charge on any atom is 0.254 e. The van der Waals surface area contributed by atoms with E-state index in [1.807, 2.05) is 23.1 Å². The summed E-state index contributed by atoms with van der Waals surface area (Å²) in [6.07, 6.45) is 4.16. The highest BCUT2D eigenvalue weighted by Crippen LogP contribution is 2.36. The monoisotopic (exact) mass is 365 g/mol. The number of benzene rings is 1. The topological polar surface area (TPSA) is 73.3 Å². The third-order valence-corrected chi connectivity index (χ3v) is 5.25. The summed E-state index contributed by atoms with van der Waals surface area (Å²) in [4.78, 5) is 25.1. The Kier molecular flexibility index (Phi) is 3.74. The number of fused-ring (bicyclic) bond motifs is 1. The number of hydrogen-bond donors (Lipinski definition) is 0. The summed E-state index contributed by atoms with van der Waals surface area (Å²) in [6, 6.07) is 11.1. The molecule has 3 aliphatic heterocycles. The van der Waals surface area contributed by atoms with Crippen molar-refractivity contribution < 1.29 is 19.1 Å². The summed E-state index contributed by atoms with van der Waals surface area (Å²) in [5, 5.41) is 4.28. The number of oxime groups is 1. The Morgan fingerprint density at radius 2 is 2.07 bits per heavy atom. The molecule has 2 aromatic rings. The quantitative estimate of drug-likeness (QED) is 0.818. The summed E-state index contributed by atoms with van der Waals surface area (Å²) >= 11 is 0. The van der Waals surface area contributed by atoms with Crippen molar-refractivity contribution in [3.8, 4) is 11.5 Å². The number of nitrogens with zero attached hydrogens (tertiary/aromatic N) is 3. The van der Waals surface area contributed by atoms with Gasteiger partial charge in [-0.1, -0.05) is 11.2 Å².